The third-order valence-corrected chi connectivity index (χ3v) is 2.64. The molecule has 1 rings (SSSR count). The van der Waals surface area contributed by atoms with E-state index in [1.165, 1.54) is 0 Å². The summed E-state index contributed by atoms with van der Waals surface area (Å²) in [5, 5.41) is 2.85. The van der Waals surface area contributed by atoms with Crippen molar-refractivity contribution < 1.29 is 4.79 Å². The maximum Gasteiger partial charge on any atom is 0.269 e. The van der Waals surface area contributed by atoms with Crippen molar-refractivity contribution in [2.24, 2.45) is 11.7 Å². The van der Waals surface area contributed by atoms with Crippen LogP contribution in [-0.4, -0.2) is 24.0 Å². The molecule has 0 aliphatic heterocycles. The molecular formula is C14H19N3O. The molecule has 1 amide bonds. The zero-order valence-corrected chi connectivity index (χ0v) is 10.9. The lowest BCUT2D eigenvalue weighted by Crippen LogP contribution is -2.28. The maximum absolute atomic E-state index is 11.8. The van der Waals surface area contributed by atoms with Crippen molar-refractivity contribution in [1.29, 1.82) is 0 Å². The van der Waals surface area contributed by atoms with E-state index in [9.17, 15) is 4.79 Å². The Bertz CT molecular complexity index is 442. The van der Waals surface area contributed by atoms with E-state index >= 15 is 0 Å². The summed E-state index contributed by atoms with van der Waals surface area (Å²) in [6, 6.07) is 3.44. The van der Waals surface area contributed by atoms with Gasteiger partial charge in [-0.25, -0.2) is 4.98 Å². The first-order valence-electron chi connectivity index (χ1n) is 6.10. The van der Waals surface area contributed by atoms with Gasteiger partial charge in [0.1, 0.15) is 5.69 Å². The second-order valence-electron chi connectivity index (χ2n) is 4.16. The summed E-state index contributed by atoms with van der Waals surface area (Å²) in [5.41, 5.74) is 6.45. The Kier molecular flexibility index (Phi) is 5.89. The van der Waals surface area contributed by atoms with Gasteiger partial charge in [-0.1, -0.05) is 32.1 Å². The van der Waals surface area contributed by atoms with E-state index in [1.54, 1.807) is 18.3 Å². The molecule has 0 bridgehead atoms. The standard InChI is InChI=1S/C14H19N3O/c1-3-11(2)9-17-14(18)13-7-6-12(10-16-13)5-4-8-15/h6-7,10-11H,3,8-9,15H2,1-2H3,(H,17,18). The molecule has 18 heavy (non-hydrogen) atoms. The number of carbonyl (C=O) groups excluding carboxylic acids is 1. The minimum absolute atomic E-state index is 0.145. The van der Waals surface area contributed by atoms with E-state index in [2.05, 4.69) is 36.0 Å². The molecule has 1 aromatic heterocycles. The molecule has 1 aromatic rings. The van der Waals surface area contributed by atoms with Gasteiger partial charge in [-0.05, 0) is 18.1 Å². The van der Waals surface area contributed by atoms with Gasteiger partial charge < -0.3 is 11.1 Å². The number of nitrogens with two attached hydrogens (primary N) is 1. The van der Waals surface area contributed by atoms with Gasteiger partial charge in [-0.3, -0.25) is 4.79 Å². The summed E-state index contributed by atoms with van der Waals surface area (Å²) >= 11 is 0. The van der Waals surface area contributed by atoms with Gasteiger partial charge in [-0.15, -0.1) is 0 Å². The Morgan fingerprint density at radius 1 is 1.56 bits per heavy atom. The van der Waals surface area contributed by atoms with Gasteiger partial charge in [0.15, 0.2) is 0 Å². The number of nitrogens with one attached hydrogen (secondary N) is 1. The topological polar surface area (TPSA) is 68.0 Å². The Morgan fingerprint density at radius 2 is 2.33 bits per heavy atom. The molecule has 0 aliphatic carbocycles. The van der Waals surface area contributed by atoms with E-state index in [1.807, 2.05) is 0 Å². The van der Waals surface area contributed by atoms with Crippen molar-refractivity contribution in [3.8, 4) is 11.8 Å². The summed E-state index contributed by atoms with van der Waals surface area (Å²) in [7, 11) is 0. The van der Waals surface area contributed by atoms with Crippen molar-refractivity contribution in [1.82, 2.24) is 10.3 Å². The number of hydrogen-bond donors (Lipinski definition) is 2. The van der Waals surface area contributed by atoms with Crippen LogP contribution in [0, 0.1) is 17.8 Å². The van der Waals surface area contributed by atoms with Crippen LogP contribution in [0.5, 0.6) is 0 Å². The molecule has 4 nitrogen and oxygen atoms in total. The molecule has 0 spiro atoms. The SMILES string of the molecule is CCC(C)CNC(=O)c1ccc(C#CCN)cn1. The van der Waals surface area contributed by atoms with Gasteiger partial charge >= 0.3 is 0 Å². The molecule has 1 heterocycles. The first-order chi connectivity index (χ1) is 8.67. The van der Waals surface area contributed by atoms with E-state index < -0.39 is 0 Å². The number of amides is 1. The highest BCUT2D eigenvalue weighted by Gasteiger charge is 2.07. The highest BCUT2D eigenvalue weighted by atomic mass is 16.1. The summed E-state index contributed by atoms with van der Waals surface area (Å²) < 4.78 is 0. The molecule has 0 radical (unpaired) electrons. The van der Waals surface area contributed by atoms with Crippen LogP contribution < -0.4 is 11.1 Å². The van der Waals surface area contributed by atoms with Crippen LogP contribution in [0.3, 0.4) is 0 Å². The maximum atomic E-state index is 11.8. The lowest BCUT2D eigenvalue weighted by Gasteiger charge is -2.09. The number of aromatic nitrogens is 1. The molecule has 0 fully saturated rings. The third kappa shape index (κ3) is 4.56. The van der Waals surface area contributed by atoms with E-state index in [-0.39, 0.29) is 5.91 Å². The van der Waals surface area contributed by atoms with Crippen molar-refractivity contribution in [3.05, 3.63) is 29.6 Å². The fourth-order valence-electron chi connectivity index (χ4n) is 1.26. The average molecular weight is 245 g/mol. The quantitative estimate of drug-likeness (QED) is 0.782. The van der Waals surface area contributed by atoms with Crippen LogP contribution in [0.4, 0.5) is 0 Å². The van der Waals surface area contributed by atoms with E-state index in [4.69, 9.17) is 5.73 Å². The molecule has 1 unspecified atom stereocenters. The number of carbonyl (C=O) groups is 1. The summed E-state index contributed by atoms with van der Waals surface area (Å²) in [5.74, 6) is 5.93. The van der Waals surface area contributed by atoms with Gasteiger partial charge in [0.25, 0.3) is 5.91 Å². The zero-order chi connectivity index (χ0) is 13.4. The Hall–Kier alpha value is -1.86. The molecule has 3 N–H and O–H groups in total. The summed E-state index contributed by atoms with van der Waals surface area (Å²) in [4.78, 5) is 15.8. The van der Waals surface area contributed by atoms with E-state index in [0.29, 0.717) is 24.7 Å². The van der Waals surface area contributed by atoms with E-state index in [0.717, 1.165) is 12.0 Å². The van der Waals surface area contributed by atoms with Crippen LogP contribution in [0.25, 0.3) is 0 Å². The monoisotopic (exact) mass is 245 g/mol. The fraction of sp³-hybridized carbons (Fsp3) is 0.429. The average Bonchev–Trinajstić information content (AvgIpc) is 2.42. The predicted octanol–water partition coefficient (Wildman–Crippen LogP) is 1.17. The van der Waals surface area contributed by atoms with Crippen LogP contribution >= 0.6 is 0 Å². The normalized spacial score (nSPS) is 11.3. The summed E-state index contributed by atoms with van der Waals surface area (Å²) in [6.07, 6.45) is 2.63. The predicted molar refractivity (Wildman–Crippen MR) is 72.0 cm³/mol. The van der Waals surface area contributed by atoms with Gasteiger partial charge in [-0.2, -0.15) is 0 Å². The summed E-state index contributed by atoms with van der Waals surface area (Å²) in [6.45, 7) is 5.18. The fourth-order valence-corrected chi connectivity index (χ4v) is 1.26. The first kappa shape index (κ1) is 14.2. The second-order valence-corrected chi connectivity index (χ2v) is 4.16. The number of hydrogen-bond acceptors (Lipinski definition) is 3. The largest absolute Gasteiger partial charge is 0.350 e. The molecule has 1 atom stereocenters. The van der Waals surface area contributed by atoms with Crippen molar-refractivity contribution in [3.63, 3.8) is 0 Å². The highest BCUT2D eigenvalue weighted by molar-refractivity contribution is 5.92. The highest BCUT2D eigenvalue weighted by Crippen LogP contribution is 2.01. The second kappa shape index (κ2) is 7.46. The molecule has 0 aromatic carbocycles. The van der Waals surface area contributed by atoms with Crippen LogP contribution in [0.1, 0.15) is 36.3 Å². The molecule has 96 valence electrons. The number of nitrogens with zero attached hydrogens (tertiary/aromatic N) is 1. The smallest absolute Gasteiger partial charge is 0.269 e. The first-order valence-corrected chi connectivity index (χ1v) is 6.10. The number of pyridine rings is 1. The molecule has 0 saturated carbocycles. The third-order valence-electron chi connectivity index (χ3n) is 2.64. The van der Waals surface area contributed by atoms with Gasteiger partial charge in [0.2, 0.25) is 0 Å². The van der Waals surface area contributed by atoms with Gasteiger partial charge in [0.05, 0.1) is 6.54 Å². The Labute approximate surface area is 108 Å². The molecule has 4 heteroatoms. The van der Waals surface area contributed by atoms with Crippen molar-refractivity contribution in [2.75, 3.05) is 13.1 Å². The Morgan fingerprint density at radius 3 is 2.89 bits per heavy atom. The molecule has 0 saturated heterocycles. The minimum Gasteiger partial charge on any atom is -0.350 e. The van der Waals surface area contributed by atoms with Crippen molar-refractivity contribution >= 4 is 5.91 Å². The lowest BCUT2D eigenvalue weighted by molar-refractivity contribution is 0.0943. The molecular weight excluding hydrogens is 226 g/mol. The van der Waals surface area contributed by atoms with Crippen molar-refractivity contribution in [2.45, 2.75) is 20.3 Å². The van der Waals surface area contributed by atoms with Gasteiger partial charge in [0, 0.05) is 18.3 Å². The lowest BCUT2D eigenvalue weighted by atomic mass is 10.1. The Balaban J connectivity index is 2.59. The molecule has 0 aliphatic rings. The van der Waals surface area contributed by atoms with Crippen LogP contribution in [0.2, 0.25) is 0 Å². The number of rotatable bonds is 4. The van der Waals surface area contributed by atoms with Crippen LogP contribution in [-0.2, 0) is 0 Å². The zero-order valence-electron chi connectivity index (χ0n) is 10.9. The minimum atomic E-state index is -0.145. The van der Waals surface area contributed by atoms with Crippen LogP contribution in [0.15, 0.2) is 18.3 Å².